The second-order valence-corrected chi connectivity index (χ2v) is 5.48. The fraction of sp³-hybridized carbons (Fsp3) is 0.562. The third-order valence-electron chi connectivity index (χ3n) is 3.44. The van der Waals surface area contributed by atoms with E-state index in [0.717, 1.165) is 16.7 Å². The summed E-state index contributed by atoms with van der Waals surface area (Å²) in [5.41, 5.74) is 4.09. The third kappa shape index (κ3) is 4.71. The molecule has 0 radical (unpaired) electrons. The van der Waals surface area contributed by atoms with Crippen molar-refractivity contribution in [2.75, 3.05) is 33.9 Å². The first-order chi connectivity index (χ1) is 9.35. The van der Waals surface area contributed by atoms with Gasteiger partial charge in [-0.25, -0.2) is 0 Å². The van der Waals surface area contributed by atoms with E-state index in [1.807, 2.05) is 44.9 Å². The molecule has 0 saturated carbocycles. The fourth-order valence-corrected chi connectivity index (χ4v) is 2.26. The minimum Gasteiger partial charge on any atom is -0.389 e. The predicted molar refractivity (Wildman–Crippen MR) is 80.4 cm³/mol. The molecular formula is C16H25NO3. The molecule has 1 unspecified atom stereocenters. The topological polar surface area (TPSA) is 49.8 Å². The van der Waals surface area contributed by atoms with Crippen LogP contribution in [0.25, 0.3) is 0 Å². The molecule has 0 aliphatic heterocycles. The van der Waals surface area contributed by atoms with Crippen LogP contribution in [0.1, 0.15) is 27.0 Å². The summed E-state index contributed by atoms with van der Waals surface area (Å²) < 4.78 is 4.88. The maximum atomic E-state index is 12.3. The van der Waals surface area contributed by atoms with Crippen molar-refractivity contribution in [1.29, 1.82) is 0 Å². The Balaban J connectivity index is 2.69. The predicted octanol–water partition coefficient (Wildman–Crippen LogP) is 1.73. The number of carbonyl (C=O) groups excluding carboxylic acids is 1. The lowest BCUT2D eigenvalue weighted by Crippen LogP contribution is -2.35. The van der Waals surface area contributed by atoms with Gasteiger partial charge in [-0.1, -0.05) is 6.07 Å². The molecule has 0 aliphatic carbocycles. The van der Waals surface area contributed by atoms with Gasteiger partial charge in [0.2, 0.25) is 0 Å². The number of aliphatic hydroxyl groups excluding tert-OH is 1. The summed E-state index contributed by atoms with van der Waals surface area (Å²) in [5, 5.41) is 9.66. The summed E-state index contributed by atoms with van der Waals surface area (Å²) in [4.78, 5) is 14.1. The Morgan fingerprint density at radius 2 is 1.85 bits per heavy atom. The van der Waals surface area contributed by atoms with Crippen molar-refractivity contribution in [3.63, 3.8) is 0 Å². The lowest BCUT2D eigenvalue weighted by molar-refractivity contribution is 0.0427. The van der Waals surface area contributed by atoms with Crippen LogP contribution < -0.4 is 0 Å². The van der Waals surface area contributed by atoms with Crippen molar-refractivity contribution < 1.29 is 14.6 Å². The molecule has 0 heterocycles. The Morgan fingerprint density at radius 3 is 2.45 bits per heavy atom. The molecule has 1 N–H and O–H groups in total. The molecule has 1 aromatic carbocycles. The summed E-state index contributed by atoms with van der Waals surface area (Å²) in [5.74, 6) is 0.0812. The van der Waals surface area contributed by atoms with E-state index < -0.39 is 6.10 Å². The number of Topliss-reactive ketones (excluding diaryl/α,β-unsaturated/α-hetero) is 1. The molecule has 4 nitrogen and oxygen atoms in total. The number of likely N-dealkylation sites (N-methyl/N-ethyl adjacent to an activating group) is 1. The van der Waals surface area contributed by atoms with Gasteiger partial charge in [0.1, 0.15) is 0 Å². The Hall–Kier alpha value is -1.23. The summed E-state index contributed by atoms with van der Waals surface area (Å²) in [7, 11) is 3.37. The average molecular weight is 279 g/mol. The monoisotopic (exact) mass is 279 g/mol. The second-order valence-electron chi connectivity index (χ2n) is 5.48. The van der Waals surface area contributed by atoms with Crippen molar-refractivity contribution >= 4 is 5.78 Å². The Bertz CT molecular complexity index is 471. The summed E-state index contributed by atoms with van der Waals surface area (Å²) in [6, 6.07) is 3.99. The molecule has 1 atom stereocenters. The minimum atomic E-state index is -0.571. The van der Waals surface area contributed by atoms with Crippen LogP contribution in [0.5, 0.6) is 0 Å². The highest BCUT2D eigenvalue weighted by Crippen LogP contribution is 2.16. The van der Waals surface area contributed by atoms with Gasteiger partial charge in [-0.3, -0.25) is 9.69 Å². The minimum absolute atomic E-state index is 0.0812. The molecule has 0 aromatic heterocycles. The number of aryl methyl sites for hydroxylation is 3. The van der Waals surface area contributed by atoms with Crippen LogP contribution in [-0.2, 0) is 4.74 Å². The van der Waals surface area contributed by atoms with E-state index in [2.05, 4.69) is 0 Å². The highest BCUT2D eigenvalue weighted by Gasteiger charge is 2.15. The molecule has 0 bridgehead atoms. The van der Waals surface area contributed by atoms with Gasteiger partial charge in [0, 0.05) is 19.2 Å². The highest BCUT2D eigenvalue weighted by molar-refractivity contribution is 5.99. The molecule has 112 valence electrons. The fourth-order valence-electron chi connectivity index (χ4n) is 2.26. The normalized spacial score (nSPS) is 12.8. The van der Waals surface area contributed by atoms with E-state index in [4.69, 9.17) is 4.74 Å². The third-order valence-corrected chi connectivity index (χ3v) is 3.44. The lowest BCUT2D eigenvalue weighted by Gasteiger charge is -2.20. The number of aliphatic hydroxyl groups is 1. The molecule has 1 rings (SSSR count). The number of nitrogens with zero attached hydrogens (tertiary/aromatic N) is 1. The van der Waals surface area contributed by atoms with Gasteiger partial charge in [0.15, 0.2) is 5.78 Å². The highest BCUT2D eigenvalue weighted by atomic mass is 16.5. The van der Waals surface area contributed by atoms with Gasteiger partial charge in [-0.2, -0.15) is 0 Å². The number of carbonyl (C=O) groups is 1. The number of ether oxygens (including phenoxy) is 1. The Labute approximate surface area is 121 Å². The number of hydrogen-bond donors (Lipinski definition) is 1. The second kappa shape index (κ2) is 7.53. The molecule has 0 fully saturated rings. The van der Waals surface area contributed by atoms with E-state index in [1.165, 1.54) is 5.56 Å². The number of methoxy groups -OCH3 is 1. The molecule has 1 aromatic rings. The van der Waals surface area contributed by atoms with Crippen LogP contribution in [-0.4, -0.2) is 55.7 Å². The SMILES string of the molecule is COCC(O)CN(C)CC(=O)c1cc(C)c(C)cc1C. The van der Waals surface area contributed by atoms with Crippen molar-refractivity contribution in [2.24, 2.45) is 0 Å². The van der Waals surface area contributed by atoms with E-state index in [1.54, 1.807) is 7.11 Å². The zero-order chi connectivity index (χ0) is 15.3. The molecular weight excluding hydrogens is 254 g/mol. The first kappa shape index (κ1) is 16.8. The van der Waals surface area contributed by atoms with Crippen LogP contribution in [0.2, 0.25) is 0 Å². The van der Waals surface area contributed by atoms with Crippen molar-refractivity contribution in [3.05, 3.63) is 34.4 Å². The number of benzene rings is 1. The smallest absolute Gasteiger partial charge is 0.177 e. The number of ketones is 1. The quantitative estimate of drug-likeness (QED) is 0.772. The van der Waals surface area contributed by atoms with Gasteiger partial charge in [0.25, 0.3) is 0 Å². The average Bonchev–Trinajstić information content (AvgIpc) is 2.33. The van der Waals surface area contributed by atoms with Crippen molar-refractivity contribution in [1.82, 2.24) is 4.90 Å². The van der Waals surface area contributed by atoms with Crippen LogP contribution in [0.3, 0.4) is 0 Å². The van der Waals surface area contributed by atoms with Crippen molar-refractivity contribution in [3.8, 4) is 0 Å². The van der Waals surface area contributed by atoms with Crippen LogP contribution in [0.15, 0.2) is 12.1 Å². The molecule has 4 heteroatoms. The van der Waals surface area contributed by atoms with Gasteiger partial charge in [-0.15, -0.1) is 0 Å². The summed E-state index contributed by atoms with van der Waals surface area (Å²) in [6.07, 6.45) is -0.571. The molecule has 0 spiro atoms. The number of hydrogen-bond acceptors (Lipinski definition) is 4. The van der Waals surface area contributed by atoms with Gasteiger partial charge < -0.3 is 9.84 Å². The zero-order valence-corrected chi connectivity index (χ0v) is 13.1. The maximum Gasteiger partial charge on any atom is 0.177 e. The lowest BCUT2D eigenvalue weighted by atomic mass is 9.98. The summed E-state index contributed by atoms with van der Waals surface area (Å²) >= 11 is 0. The zero-order valence-electron chi connectivity index (χ0n) is 13.1. The molecule has 20 heavy (non-hydrogen) atoms. The van der Waals surface area contributed by atoms with Crippen LogP contribution >= 0.6 is 0 Å². The van der Waals surface area contributed by atoms with E-state index in [9.17, 15) is 9.90 Å². The van der Waals surface area contributed by atoms with Crippen molar-refractivity contribution in [2.45, 2.75) is 26.9 Å². The van der Waals surface area contributed by atoms with Crippen LogP contribution in [0.4, 0.5) is 0 Å². The molecule has 0 saturated heterocycles. The summed E-state index contributed by atoms with van der Waals surface area (Å²) in [6.45, 7) is 7.01. The molecule has 0 amide bonds. The molecule has 0 aliphatic rings. The van der Waals surface area contributed by atoms with E-state index in [-0.39, 0.29) is 12.4 Å². The van der Waals surface area contributed by atoms with E-state index in [0.29, 0.717) is 13.1 Å². The van der Waals surface area contributed by atoms with Crippen LogP contribution in [0, 0.1) is 20.8 Å². The first-order valence-electron chi connectivity index (χ1n) is 6.81. The largest absolute Gasteiger partial charge is 0.389 e. The number of rotatable bonds is 7. The Kier molecular flexibility index (Phi) is 6.33. The first-order valence-corrected chi connectivity index (χ1v) is 6.81. The van der Waals surface area contributed by atoms with E-state index >= 15 is 0 Å². The standard InChI is InChI=1S/C16H25NO3/c1-11-6-13(3)15(7-12(11)2)16(19)9-17(4)8-14(18)10-20-5/h6-7,14,18H,8-10H2,1-5H3. The Morgan fingerprint density at radius 1 is 1.25 bits per heavy atom. The maximum absolute atomic E-state index is 12.3. The van der Waals surface area contributed by atoms with Gasteiger partial charge in [-0.05, 0) is 50.6 Å². The van der Waals surface area contributed by atoms with Gasteiger partial charge in [0.05, 0.1) is 19.3 Å². The van der Waals surface area contributed by atoms with Gasteiger partial charge >= 0.3 is 0 Å².